The summed E-state index contributed by atoms with van der Waals surface area (Å²) in [4.78, 5) is 30.5. The second-order valence-corrected chi connectivity index (χ2v) is 6.16. The molecule has 0 saturated heterocycles. The van der Waals surface area contributed by atoms with E-state index in [0.29, 0.717) is 16.3 Å². The topological polar surface area (TPSA) is 83.0 Å². The molecule has 0 amide bonds. The van der Waals surface area contributed by atoms with Crippen LogP contribution in [-0.4, -0.2) is 21.0 Å². The van der Waals surface area contributed by atoms with Crippen molar-refractivity contribution in [3.05, 3.63) is 57.2 Å². The number of nitrogens with zero attached hydrogens (tertiary/aromatic N) is 1. The Bertz CT molecular complexity index is 853. The van der Waals surface area contributed by atoms with Crippen LogP contribution < -0.4 is 5.56 Å². The highest BCUT2D eigenvalue weighted by Crippen LogP contribution is 2.22. The largest absolute Gasteiger partial charge is 0.478 e. The van der Waals surface area contributed by atoms with Crippen molar-refractivity contribution in [2.24, 2.45) is 0 Å². The van der Waals surface area contributed by atoms with Gasteiger partial charge in [0.05, 0.1) is 10.9 Å². The van der Waals surface area contributed by atoms with E-state index in [0.717, 1.165) is 10.4 Å². The van der Waals surface area contributed by atoms with Crippen LogP contribution >= 0.6 is 23.1 Å². The number of aromatic nitrogens is 2. The van der Waals surface area contributed by atoms with Crippen molar-refractivity contribution in [1.29, 1.82) is 0 Å². The number of nitrogens with one attached hydrogen (secondary N) is 1. The molecule has 3 rings (SSSR count). The predicted molar refractivity (Wildman–Crippen MR) is 83.2 cm³/mol. The van der Waals surface area contributed by atoms with Crippen molar-refractivity contribution in [3.63, 3.8) is 0 Å². The molecule has 3 aromatic rings. The van der Waals surface area contributed by atoms with E-state index in [9.17, 15) is 9.59 Å². The zero-order valence-electron chi connectivity index (χ0n) is 10.7. The first-order chi connectivity index (χ1) is 10.1. The molecule has 7 heteroatoms. The Balaban J connectivity index is 1.76. The number of fused-ring (bicyclic) bond motifs is 1. The molecule has 0 spiro atoms. The van der Waals surface area contributed by atoms with Crippen LogP contribution in [0.15, 0.2) is 45.7 Å². The van der Waals surface area contributed by atoms with Gasteiger partial charge in [-0.15, -0.1) is 11.3 Å². The van der Waals surface area contributed by atoms with E-state index in [1.807, 2.05) is 5.38 Å². The molecule has 0 aliphatic heterocycles. The summed E-state index contributed by atoms with van der Waals surface area (Å²) < 4.78 is 0. The molecular weight excluding hydrogens is 308 g/mol. The molecule has 0 radical (unpaired) electrons. The molecule has 0 saturated carbocycles. The number of carbonyl (C=O) groups is 1. The van der Waals surface area contributed by atoms with Gasteiger partial charge in [0, 0.05) is 5.75 Å². The third kappa shape index (κ3) is 2.98. The number of aromatic amines is 1. The number of thiophene rings is 1. The second kappa shape index (κ2) is 5.71. The van der Waals surface area contributed by atoms with E-state index >= 15 is 0 Å². The standard InChI is InChI=1S/C14H10N2O3S2/c17-11-10-5-6-20-12(10)16-14(15-11)21-7-8-1-3-9(4-2-8)13(18)19/h1-6H,7H2,(H,18,19)(H,15,16,17). The van der Waals surface area contributed by atoms with Crippen LogP contribution in [0.25, 0.3) is 10.2 Å². The zero-order valence-corrected chi connectivity index (χ0v) is 12.3. The van der Waals surface area contributed by atoms with Crippen LogP contribution in [0.5, 0.6) is 0 Å². The maximum Gasteiger partial charge on any atom is 0.335 e. The van der Waals surface area contributed by atoms with E-state index in [1.54, 1.807) is 30.3 Å². The van der Waals surface area contributed by atoms with Gasteiger partial charge < -0.3 is 10.1 Å². The highest BCUT2D eigenvalue weighted by atomic mass is 32.2. The number of aromatic carboxylic acids is 1. The van der Waals surface area contributed by atoms with E-state index in [2.05, 4.69) is 9.97 Å². The average molecular weight is 318 g/mol. The summed E-state index contributed by atoms with van der Waals surface area (Å²) in [7, 11) is 0. The predicted octanol–water partition coefficient (Wildman–Crippen LogP) is 2.98. The molecule has 106 valence electrons. The van der Waals surface area contributed by atoms with Crippen LogP contribution in [0.3, 0.4) is 0 Å². The third-order valence-electron chi connectivity index (χ3n) is 2.89. The first kappa shape index (κ1) is 13.8. The highest BCUT2D eigenvalue weighted by Gasteiger charge is 2.06. The first-order valence-electron chi connectivity index (χ1n) is 6.06. The van der Waals surface area contributed by atoms with E-state index in [4.69, 9.17) is 5.11 Å². The molecule has 0 aliphatic rings. The normalized spacial score (nSPS) is 10.9. The zero-order chi connectivity index (χ0) is 14.8. The summed E-state index contributed by atoms with van der Waals surface area (Å²) in [5.41, 5.74) is 1.10. The molecule has 5 nitrogen and oxygen atoms in total. The molecule has 1 aromatic carbocycles. The Morgan fingerprint density at radius 2 is 2.05 bits per heavy atom. The number of carboxylic acids is 1. The minimum atomic E-state index is -0.941. The molecule has 0 atom stereocenters. The fraction of sp³-hybridized carbons (Fsp3) is 0.0714. The molecular formula is C14H10N2O3S2. The molecule has 21 heavy (non-hydrogen) atoms. The number of hydrogen-bond acceptors (Lipinski definition) is 5. The highest BCUT2D eigenvalue weighted by molar-refractivity contribution is 7.98. The van der Waals surface area contributed by atoms with Gasteiger partial charge in [-0.3, -0.25) is 4.79 Å². The summed E-state index contributed by atoms with van der Waals surface area (Å²) in [6.45, 7) is 0. The number of thioether (sulfide) groups is 1. The second-order valence-electron chi connectivity index (χ2n) is 4.30. The van der Waals surface area contributed by atoms with Gasteiger partial charge in [-0.1, -0.05) is 23.9 Å². The lowest BCUT2D eigenvalue weighted by Gasteiger charge is -2.02. The van der Waals surface area contributed by atoms with E-state index in [1.165, 1.54) is 23.1 Å². The summed E-state index contributed by atoms with van der Waals surface area (Å²) in [6, 6.07) is 8.41. The van der Waals surface area contributed by atoms with Crippen molar-refractivity contribution >= 4 is 39.3 Å². The fourth-order valence-corrected chi connectivity index (χ4v) is 3.45. The molecule has 0 aliphatic carbocycles. The summed E-state index contributed by atoms with van der Waals surface area (Å²) in [5, 5.41) is 11.9. The van der Waals surface area contributed by atoms with Crippen LogP contribution in [0, 0.1) is 0 Å². The minimum absolute atomic E-state index is 0.134. The Morgan fingerprint density at radius 3 is 2.76 bits per heavy atom. The van der Waals surface area contributed by atoms with E-state index in [-0.39, 0.29) is 11.1 Å². The monoisotopic (exact) mass is 318 g/mol. The number of hydrogen-bond donors (Lipinski definition) is 2. The number of benzene rings is 1. The maximum atomic E-state index is 11.8. The molecule has 2 heterocycles. The number of H-pyrrole nitrogens is 1. The lowest BCUT2D eigenvalue weighted by Crippen LogP contribution is -2.07. The van der Waals surface area contributed by atoms with Crippen molar-refractivity contribution in [2.45, 2.75) is 10.9 Å². The molecule has 2 aromatic heterocycles. The van der Waals surface area contributed by atoms with Gasteiger partial charge in [0.1, 0.15) is 4.83 Å². The minimum Gasteiger partial charge on any atom is -0.478 e. The van der Waals surface area contributed by atoms with Crippen LogP contribution in [0.2, 0.25) is 0 Å². The lowest BCUT2D eigenvalue weighted by molar-refractivity contribution is 0.0697. The maximum absolute atomic E-state index is 11.8. The van der Waals surface area contributed by atoms with Crippen molar-refractivity contribution < 1.29 is 9.90 Å². The Labute approximate surface area is 127 Å². The SMILES string of the molecule is O=C(O)c1ccc(CSc2nc3sccc3c(=O)[nH]2)cc1. The Morgan fingerprint density at radius 1 is 1.29 bits per heavy atom. The van der Waals surface area contributed by atoms with Gasteiger partial charge in [-0.25, -0.2) is 9.78 Å². The average Bonchev–Trinajstić information content (AvgIpc) is 2.94. The van der Waals surface area contributed by atoms with Gasteiger partial charge in [0.25, 0.3) is 5.56 Å². The lowest BCUT2D eigenvalue weighted by atomic mass is 10.1. The summed E-state index contributed by atoms with van der Waals surface area (Å²) in [5.74, 6) is -0.331. The number of rotatable bonds is 4. The van der Waals surface area contributed by atoms with Gasteiger partial charge in [0.2, 0.25) is 0 Å². The molecule has 0 unspecified atom stereocenters. The molecule has 2 N–H and O–H groups in total. The van der Waals surface area contributed by atoms with Gasteiger partial charge in [0.15, 0.2) is 5.16 Å². The van der Waals surface area contributed by atoms with Gasteiger partial charge in [-0.05, 0) is 29.1 Å². The number of carboxylic acid groups (broad SMARTS) is 1. The molecule has 0 bridgehead atoms. The smallest absolute Gasteiger partial charge is 0.335 e. The van der Waals surface area contributed by atoms with Crippen LogP contribution in [-0.2, 0) is 5.75 Å². The van der Waals surface area contributed by atoms with Crippen molar-refractivity contribution in [3.8, 4) is 0 Å². The van der Waals surface area contributed by atoms with Crippen molar-refractivity contribution in [1.82, 2.24) is 9.97 Å². The third-order valence-corrected chi connectivity index (χ3v) is 4.64. The quantitative estimate of drug-likeness (QED) is 0.571. The van der Waals surface area contributed by atoms with Gasteiger partial charge >= 0.3 is 5.97 Å². The Hall–Kier alpha value is -2.12. The Kier molecular flexibility index (Phi) is 3.76. The molecule has 0 fully saturated rings. The van der Waals surface area contributed by atoms with Crippen LogP contribution in [0.4, 0.5) is 0 Å². The fourth-order valence-electron chi connectivity index (χ4n) is 1.81. The summed E-state index contributed by atoms with van der Waals surface area (Å²) >= 11 is 2.85. The van der Waals surface area contributed by atoms with Crippen molar-refractivity contribution in [2.75, 3.05) is 0 Å². The van der Waals surface area contributed by atoms with Gasteiger partial charge in [-0.2, -0.15) is 0 Å². The first-order valence-corrected chi connectivity index (χ1v) is 7.92. The van der Waals surface area contributed by atoms with Crippen LogP contribution in [0.1, 0.15) is 15.9 Å². The van der Waals surface area contributed by atoms with E-state index < -0.39 is 5.97 Å². The summed E-state index contributed by atoms with van der Waals surface area (Å²) in [6.07, 6.45) is 0.